The number of nitrogens with one attached hydrogen (secondary N) is 2. The summed E-state index contributed by atoms with van der Waals surface area (Å²) in [4.78, 5) is 20.4. The minimum atomic E-state index is -0.196. The molecule has 0 aromatic heterocycles. The van der Waals surface area contributed by atoms with E-state index in [1.807, 2.05) is 12.1 Å². The summed E-state index contributed by atoms with van der Waals surface area (Å²) in [6, 6.07) is 7.05. The summed E-state index contributed by atoms with van der Waals surface area (Å²) in [5.41, 5.74) is 1.13. The summed E-state index contributed by atoms with van der Waals surface area (Å²) >= 11 is 0. The zero-order valence-electron chi connectivity index (χ0n) is 18.1. The van der Waals surface area contributed by atoms with Gasteiger partial charge in [-0.1, -0.05) is 12.1 Å². The molecule has 8 heteroatoms. The summed E-state index contributed by atoms with van der Waals surface area (Å²) in [6.07, 6.45) is 3.05. The van der Waals surface area contributed by atoms with Crippen LogP contribution in [-0.4, -0.2) is 81.2 Å². The number of halogens is 1. The number of hydrogen-bond acceptors (Lipinski definition) is 4. The molecule has 0 spiro atoms. The van der Waals surface area contributed by atoms with Crippen molar-refractivity contribution in [3.63, 3.8) is 0 Å². The van der Waals surface area contributed by atoms with Gasteiger partial charge in [0.2, 0.25) is 5.91 Å². The highest BCUT2D eigenvalue weighted by atomic mass is 19.1. The van der Waals surface area contributed by atoms with Crippen LogP contribution in [0.2, 0.25) is 0 Å². The first-order valence-electron chi connectivity index (χ1n) is 10.8. The number of amides is 1. The number of carbonyl (C=O) groups is 1. The highest BCUT2D eigenvalue weighted by molar-refractivity contribution is 5.84. The van der Waals surface area contributed by atoms with Gasteiger partial charge in [0.15, 0.2) is 5.96 Å². The maximum Gasteiger partial charge on any atom is 0.243 e. The Bertz CT molecular complexity index is 696. The lowest BCUT2D eigenvalue weighted by Gasteiger charge is -2.33. The van der Waals surface area contributed by atoms with Gasteiger partial charge in [-0.3, -0.25) is 9.69 Å². The molecule has 2 aliphatic rings. The van der Waals surface area contributed by atoms with Crippen molar-refractivity contribution >= 4 is 11.9 Å². The molecule has 3 rings (SSSR count). The van der Waals surface area contributed by atoms with Crippen molar-refractivity contribution in [3.8, 4) is 0 Å². The fourth-order valence-electron chi connectivity index (χ4n) is 3.70. The van der Waals surface area contributed by atoms with Crippen LogP contribution in [0.25, 0.3) is 0 Å². The van der Waals surface area contributed by atoms with E-state index in [4.69, 9.17) is 4.74 Å². The zero-order chi connectivity index (χ0) is 21.3. The normalized spacial score (nSPS) is 20.9. The van der Waals surface area contributed by atoms with Crippen molar-refractivity contribution < 1.29 is 13.9 Å². The fraction of sp³-hybridized carbons (Fsp3) is 0.636. The van der Waals surface area contributed by atoms with Gasteiger partial charge in [0, 0.05) is 58.8 Å². The maximum atomic E-state index is 13.1. The summed E-state index contributed by atoms with van der Waals surface area (Å²) in [7, 11) is 3.48. The number of benzene rings is 1. The molecular formula is C22H34FN5O2. The molecule has 1 unspecified atom stereocenters. The summed E-state index contributed by atoms with van der Waals surface area (Å²) < 4.78 is 18.5. The average Bonchev–Trinajstić information content (AvgIpc) is 3.26. The summed E-state index contributed by atoms with van der Waals surface area (Å²) in [5, 5.41) is 6.92. The van der Waals surface area contributed by atoms with Gasteiger partial charge >= 0.3 is 0 Å². The Morgan fingerprint density at radius 2 is 1.97 bits per heavy atom. The first-order chi connectivity index (χ1) is 14.5. The van der Waals surface area contributed by atoms with Crippen LogP contribution in [0.3, 0.4) is 0 Å². The lowest BCUT2D eigenvalue weighted by Crippen LogP contribution is -2.49. The number of guanidine groups is 1. The molecule has 1 atom stereocenters. The molecule has 1 aromatic rings. The molecule has 2 aliphatic heterocycles. The monoisotopic (exact) mass is 419 g/mol. The third-order valence-corrected chi connectivity index (χ3v) is 5.70. The van der Waals surface area contributed by atoms with Crippen molar-refractivity contribution in [3.05, 3.63) is 35.6 Å². The van der Waals surface area contributed by atoms with Crippen LogP contribution in [0.1, 0.15) is 24.8 Å². The highest BCUT2D eigenvalue weighted by Gasteiger charge is 2.21. The molecule has 0 bridgehead atoms. The second-order valence-corrected chi connectivity index (χ2v) is 8.38. The van der Waals surface area contributed by atoms with Gasteiger partial charge in [0.25, 0.3) is 0 Å². The van der Waals surface area contributed by atoms with Gasteiger partial charge in [-0.2, -0.15) is 0 Å². The predicted molar refractivity (Wildman–Crippen MR) is 116 cm³/mol. The molecule has 7 nitrogen and oxygen atoms in total. The number of likely N-dealkylation sites (N-methyl/N-ethyl adjacent to an activating group) is 1. The number of aliphatic imine (C=N–C) groups is 1. The Kier molecular flexibility index (Phi) is 8.45. The Morgan fingerprint density at radius 3 is 2.60 bits per heavy atom. The van der Waals surface area contributed by atoms with Crippen LogP contribution in [0, 0.1) is 11.7 Å². The van der Waals surface area contributed by atoms with E-state index in [2.05, 4.69) is 20.5 Å². The van der Waals surface area contributed by atoms with E-state index in [1.54, 1.807) is 19.0 Å². The number of rotatable bonds is 7. The molecular weight excluding hydrogens is 385 g/mol. The number of hydrogen-bond donors (Lipinski definition) is 2. The molecule has 0 radical (unpaired) electrons. The van der Waals surface area contributed by atoms with E-state index < -0.39 is 0 Å². The van der Waals surface area contributed by atoms with Gasteiger partial charge in [-0.05, 0) is 37.0 Å². The molecule has 2 saturated heterocycles. The first-order valence-corrected chi connectivity index (χ1v) is 10.8. The van der Waals surface area contributed by atoms with Gasteiger partial charge in [0.05, 0.1) is 6.61 Å². The SMILES string of the molecule is CN(C)C(=O)CN=C(NCC1CCOC1)NC1CCN(Cc2ccc(F)cc2)CC1. The van der Waals surface area contributed by atoms with E-state index in [-0.39, 0.29) is 18.3 Å². The van der Waals surface area contributed by atoms with Crippen LogP contribution in [-0.2, 0) is 16.1 Å². The van der Waals surface area contributed by atoms with Gasteiger partial charge in [-0.15, -0.1) is 0 Å². The molecule has 2 fully saturated rings. The van der Waals surface area contributed by atoms with Gasteiger partial charge in [0.1, 0.15) is 12.4 Å². The van der Waals surface area contributed by atoms with E-state index in [9.17, 15) is 9.18 Å². The Balaban J connectivity index is 1.48. The predicted octanol–water partition coefficient (Wildman–Crippen LogP) is 1.45. The van der Waals surface area contributed by atoms with Crippen molar-refractivity contribution in [2.24, 2.45) is 10.9 Å². The van der Waals surface area contributed by atoms with Crippen LogP contribution < -0.4 is 10.6 Å². The number of nitrogens with zero attached hydrogens (tertiary/aromatic N) is 3. The molecule has 2 heterocycles. The number of carbonyl (C=O) groups excluding carboxylic acids is 1. The smallest absolute Gasteiger partial charge is 0.243 e. The quantitative estimate of drug-likeness (QED) is 0.517. The molecule has 30 heavy (non-hydrogen) atoms. The lowest BCUT2D eigenvalue weighted by molar-refractivity contribution is -0.127. The topological polar surface area (TPSA) is 69.2 Å². The Morgan fingerprint density at radius 1 is 1.23 bits per heavy atom. The number of piperidine rings is 1. The lowest BCUT2D eigenvalue weighted by atomic mass is 10.0. The minimum absolute atomic E-state index is 0.0191. The average molecular weight is 420 g/mol. The van der Waals surface area contributed by atoms with Crippen LogP contribution in [0.5, 0.6) is 0 Å². The zero-order valence-corrected chi connectivity index (χ0v) is 18.1. The molecule has 166 valence electrons. The highest BCUT2D eigenvalue weighted by Crippen LogP contribution is 2.15. The largest absolute Gasteiger partial charge is 0.381 e. The molecule has 1 aromatic carbocycles. The second-order valence-electron chi connectivity index (χ2n) is 8.38. The van der Waals surface area contributed by atoms with Crippen molar-refractivity contribution in [1.29, 1.82) is 0 Å². The maximum absolute atomic E-state index is 13.1. The molecule has 1 amide bonds. The van der Waals surface area contributed by atoms with Crippen LogP contribution >= 0.6 is 0 Å². The van der Waals surface area contributed by atoms with Gasteiger partial charge in [-0.25, -0.2) is 9.38 Å². The minimum Gasteiger partial charge on any atom is -0.381 e. The van der Waals surface area contributed by atoms with Crippen molar-refractivity contribution in [2.45, 2.75) is 31.8 Å². The molecule has 0 aliphatic carbocycles. The van der Waals surface area contributed by atoms with E-state index in [0.29, 0.717) is 17.9 Å². The van der Waals surface area contributed by atoms with Crippen LogP contribution in [0.4, 0.5) is 4.39 Å². The van der Waals surface area contributed by atoms with Crippen LogP contribution in [0.15, 0.2) is 29.3 Å². The Hall–Kier alpha value is -2.19. The number of ether oxygens (including phenoxy) is 1. The first kappa shape index (κ1) is 22.5. The third kappa shape index (κ3) is 7.25. The molecule has 2 N–H and O–H groups in total. The molecule has 0 saturated carbocycles. The van der Waals surface area contributed by atoms with E-state index in [1.165, 1.54) is 12.1 Å². The van der Waals surface area contributed by atoms with E-state index in [0.717, 1.165) is 64.2 Å². The fourth-order valence-corrected chi connectivity index (χ4v) is 3.70. The standard InChI is InChI=1S/C22H34FN5O2/c1-27(2)21(29)14-25-22(24-13-18-9-12-30-16-18)26-20-7-10-28(11-8-20)15-17-3-5-19(23)6-4-17/h3-6,18,20H,7-16H2,1-2H3,(H2,24,25,26). The number of likely N-dealkylation sites (tertiary alicyclic amines) is 1. The third-order valence-electron chi connectivity index (χ3n) is 5.70. The summed E-state index contributed by atoms with van der Waals surface area (Å²) in [6.45, 7) is 5.30. The van der Waals surface area contributed by atoms with Crippen molar-refractivity contribution in [2.75, 3.05) is 53.5 Å². The van der Waals surface area contributed by atoms with E-state index >= 15 is 0 Å². The second kappa shape index (κ2) is 11.3. The van der Waals surface area contributed by atoms with Crippen molar-refractivity contribution in [1.82, 2.24) is 20.4 Å². The Labute approximate surface area is 178 Å². The van der Waals surface area contributed by atoms with Gasteiger partial charge < -0.3 is 20.3 Å². The summed E-state index contributed by atoms with van der Waals surface area (Å²) in [5.74, 6) is 0.973.